The zero-order valence-corrected chi connectivity index (χ0v) is 16.0. The maximum absolute atomic E-state index is 6.35. The lowest BCUT2D eigenvalue weighted by molar-refractivity contribution is 0.397. The van der Waals surface area contributed by atoms with E-state index < -0.39 is 0 Å². The third kappa shape index (κ3) is 4.11. The summed E-state index contributed by atoms with van der Waals surface area (Å²) in [6.07, 6.45) is 2.75. The summed E-state index contributed by atoms with van der Waals surface area (Å²) in [7, 11) is 1.60. The first-order valence-electron chi connectivity index (χ1n) is 8.20. The summed E-state index contributed by atoms with van der Waals surface area (Å²) in [5.41, 5.74) is 2.40. The summed E-state index contributed by atoms with van der Waals surface area (Å²) in [5, 5.41) is 4.56. The van der Waals surface area contributed by atoms with Crippen LogP contribution in [-0.2, 0) is 6.42 Å². The molecule has 0 aliphatic carbocycles. The SMILES string of the molecule is CCc1nc(NC(CC)CC)c(OC)nc1-c1ccc(Cl)cc1Cl. The topological polar surface area (TPSA) is 47.0 Å². The van der Waals surface area contributed by atoms with E-state index >= 15 is 0 Å². The minimum Gasteiger partial charge on any atom is -0.478 e. The van der Waals surface area contributed by atoms with Gasteiger partial charge >= 0.3 is 0 Å². The largest absolute Gasteiger partial charge is 0.478 e. The third-order valence-electron chi connectivity index (χ3n) is 3.98. The number of halogens is 2. The Kier molecular flexibility index (Phi) is 6.69. The second-order valence-electron chi connectivity index (χ2n) is 5.51. The van der Waals surface area contributed by atoms with Gasteiger partial charge in [0.15, 0.2) is 5.82 Å². The van der Waals surface area contributed by atoms with Crippen LogP contribution in [0.15, 0.2) is 18.2 Å². The molecule has 1 N–H and O–H groups in total. The highest BCUT2D eigenvalue weighted by molar-refractivity contribution is 6.36. The van der Waals surface area contributed by atoms with Gasteiger partial charge in [-0.15, -0.1) is 0 Å². The maximum atomic E-state index is 6.35. The van der Waals surface area contributed by atoms with Gasteiger partial charge in [0.05, 0.1) is 23.5 Å². The molecule has 0 aliphatic rings. The van der Waals surface area contributed by atoms with E-state index in [2.05, 4.69) is 24.1 Å². The van der Waals surface area contributed by atoms with Crippen molar-refractivity contribution < 1.29 is 4.74 Å². The molecule has 1 aromatic carbocycles. The van der Waals surface area contributed by atoms with Crippen molar-refractivity contribution in [3.8, 4) is 17.1 Å². The van der Waals surface area contributed by atoms with E-state index in [1.807, 2.05) is 13.0 Å². The van der Waals surface area contributed by atoms with Gasteiger partial charge in [0, 0.05) is 16.6 Å². The van der Waals surface area contributed by atoms with E-state index in [9.17, 15) is 0 Å². The molecule has 130 valence electrons. The van der Waals surface area contributed by atoms with Gasteiger partial charge in [-0.2, -0.15) is 0 Å². The Bertz CT molecular complexity index is 703. The van der Waals surface area contributed by atoms with Gasteiger partial charge in [-0.3, -0.25) is 0 Å². The predicted molar refractivity (Wildman–Crippen MR) is 101 cm³/mol. The van der Waals surface area contributed by atoms with Gasteiger partial charge in [0.25, 0.3) is 5.88 Å². The molecular formula is C18H23Cl2N3O. The number of benzene rings is 1. The summed E-state index contributed by atoms with van der Waals surface area (Å²) in [6, 6.07) is 5.71. The van der Waals surface area contributed by atoms with Crippen LogP contribution >= 0.6 is 23.2 Å². The molecule has 1 aromatic heterocycles. The molecule has 6 heteroatoms. The maximum Gasteiger partial charge on any atom is 0.257 e. The standard InChI is InChI=1S/C18H23Cl2N3O/c1-5-12(6-2)21-17-18(24-4)23-16(15(7-3)22-17)13-9-8-11(19)10-14(13)20/h8-10,12H,5-7H2,1-4H3,(H,21,22). The van der Waals surface area contributed by atoms with Crippen molar-refractivity contribution in [2.45, 2.75) is 46.1 Å². The van der Waals surface area contributed by atoms with E-state index in [1.165, 1.54) is 0 Å². The number of hydrogen-bond donors (Lipinski definition) is 1. The number of rotatable bonds is 7. The van der Waals surface area contributed by atoms with Crippen LogP contribution in [0.3, 0.4) is 0 Å². The van der Waals surface area contributed by atoms with Gasteiger partial charge in [0.2, 0.25) is 0 Å². The van der Waals surface area contributed by atoms with Crippen molar-refractivity contribution in [1.29, 1.82) is 0 Å². The highest BCUT2D eigenvalue weighted by Gasteiger charge is 2.18. The number of aryl methyl sites for hydroxylation is 1. The highest BCUT2D eigenvalue weighted by Crippen LogP contribution is 2.34. The van der Waals surface area contributed by atoms with E-state index in [1.54, 1.807) is 19.2 Å². The summed E-state index contributed by atoms with van der Waals surface area (Å²) in [5.74, 6) is 1.15. The number of methoxy groups -OCH3 is 1. The zero-order chi connectivity index (χ0) is 17.7. The van der Waals surface area contributed by atoms with Crippen molar-refractivity contribution >= 4 is 29.0 Å². The van der Waals surface area contributed by atoms with Crippen LogP contribution < -0.4 is 10.1 Å². The Labute approximate surface area is 153 Å². The van der Waals surface area contributed by atoms with Crippen molar-refractivity contribution in [2.24, 2.45) is 0 Å². The van der Waals surface area contributed by atoms with Crippen molar-refractivity contribution in [1.82, 2.24) is 9.97 Å². The van der Waals surface area contributed by atoms with E-state index in [0.29, 0.717) is 27.8 Å². The number of aromatic nitrogens is 2. The highest BCUT2D eigenvalue weighted by atomic mass is 35.5. The number of anilines is 1. The molecule has 0 saturated heterocycles. The van der Waals surface area contributed by atoms with Crippen LogP contribution in [0.4, 0.5) is 5.82 Å². The molecule has 24 heavy (non-hydrogen) atoms. The lowest BCUT2D eigenvalue weighted by Crippen LogP contribution is -2.19. The molecule has 0 amide bonds. The number of ether oxygens (including phenoxy) is 1. The Morgan fingerprint density at radius 1 is 1.12 bits per heavy atom. The van der Waals surface area contributed by atoms with E-state index in [-0.39, 0.29) is 0 Å². The molecule has 0 atom stereocenters. The van der Waals surface area contributed by atoms with Crippen molar-refractivity contribution in [2.75, 3.05) is 12.4 Å². The van der Waals surface area contributed by atoms with Gasteiger partial charge in [-0.05, 0) is 37.5 Å². The number of nitrogens with zero attached hydrogens (tertiary/aromatic N) is 2. The van der Waals surface area contributed by atoms with E-state index in [4.69, 9.17) is 32.9 Å². The van der Waals surface area contributed by atoms with Crippen LogP contribution in [-0.4, -0.2) is 23.1 Å². The van der Waals surface area contributed by atoms with Gasteiger partial charge in [0.1, 0.15) is 0 Å². The fourth-order valence-corrected chi connectivity index (χ4v) is 3.02. The molecule has 1 heterocycles. The van der Waals surface area contributed by atoms with Crippen molar-refractivity contribution in [3.05, 3.63) is 33.9 Å². The zero-order valence-electron chi connectivity index (χ0n) is 14.5. The second kappa shape index (κ2) is 8.54. The predicted octanol–water partition coefficient (Wildman–Crippen LogP) is 5.62. The van der Waals surface area contributed by atoms with Gasteiger partial charge in [-0.25, -0.2) is 9.97 Å². The minimum atomic E-state index is 0.336. The van der Waals surface area contributed by atoms with Crippen LogP contribution in [0.1, 0.15) is 39.3 Å². The lowest BCUT2D eigenvalue weighted by Gasteiger charge is -2.19. The fourth-order valence-electron chi connectivity index (χ4n) is 2.52. The van der Waals surface area contributed by atoms with Crippen LogP contribution in [0.25, 0.3) is 11.3 Å². The quantitative estimate of drug-likeness (QED) is 0.689. The normalized spacial score (nSPS) is 11.0. The fraction of sp³-hybridized carbons (Fsp3) is 0.444. The Balaban J connectivity index is 2.53. The average molecular weight is 368 g/mol. The average Bonchev–Trinajstić information content (AvgIpc) is 2.59. The summed E-state index contributed by atoms with van der Waals surface area (Å²) < 4.78 is 5.46. The van der Waals surface area contributed by atoms with Crippen molar-refractivity contribution in [3.63, 3.8) is 0 Å². The number of nitrogens with one attached hydrogen (secondary N) is 1. The molecule has 0 fully saturated rings. The van der Waals surface area contributed by atoms with E-state index in [0.717, 1.165) is 36.2 Å². The summed E-state index contributed by atoms with van der Waals surface area (Å²) in [4.78, 5) is 9.42. The Hall–Kier alpha value is -1.52. The Morgan fingerprint density at radius 2 is 1.83 bits per heavy atom. The molecule has 0 unspecified atom stereocenters. The number of hydrogen-bond acceptors (Lipinski definition) is 4. The van der Waals surface area contributed by atoms with Crippen LogP contribution in [0, 0.1) is 0 Å². The third-order valence-corrected chi connectivity index (χ3v) is 4.52. The lowest BCUT2D eigenvalue weighted by atomic mass is 10.1. The molecule has 0 bridgehead atoms. The van der Waals surface area contributed by atoms with Gasteiger partial charge < -0.3 is 10.1 Å². The molecule has 0 radical (unpaired) electrons. The molecule has 0 spiro atoms. The smallest absolute Gasteiger partial charge is 0.257 e. The first-order valence-corrected chi connectivity index (χ1v) is 8.96. The molecular weight excluding hydrogens is 345 g/mol. The molecule has 2 rings (SSSR count). The minimum absolute atomic E-state index is 0.336. The summed E-state index contributed by atoms with van der Waals surface area (Å²) in [6.45, 7) is 6.33. The monoisotopic (exact) mass is 367 g/mol. The van der Waals surface area contributed by atoms with Gasteiger partial charge in [-0.1, -0.05) is 44.0 Å². The molecule has 2 aromatic rings. The molecule has 0 saturated carbocycles. The Morgan fingerprint density at radius 3 is 2.38 bits per heavy atom. The van der Waals surface area contributed by atoms with Crippen LogP contribution in [0.2, 0.25) is 10.0 Å². The first kappa shape index (κ1) is 18.8. The molecule has 0 aliphatic heterocycles. The first-order chi connectivity index (χ1) is 11.5. The molecule has 4 nitrogen and oxygen atoms in total. The summed E-state index contributed by atoms with van der Waals surface area (Å²) >= 11 is 12.3. The van der Waals surface area contributed by atoms with Crippen LogP contribution in [0.5, 0.6) is 5.88 Å². The second-order valence-corrected chi connectivity index (χ2v) is 6.36.